The quantitative estimate of drug-likeness (QED) is 0.284. The third-order valence-electron chi connectivity index (χ3n) is 7.33. The van der Waals surface area contributed by atoms with Crippen molar-refractivity contribution < 1.29 is 18.7 Å². The first-order valence-corrected chi connectivity index (χ1v) is 12.9. The van der Waals surface area contributed by atoms with E-state index in [1.165, 1.54) is 0 Å². The van der Waals surface area contributed by atoms with Crippen LogP contribution in [0.2, 0.25) is 0 Å². The molecule has 1 unspecified atom stereocenters. The maximum absolute atomic E-state index is 14.0. The SMILES string of the molecule is COc1cc(C2c3c(oc4cc(C)c(C)cc4c3=O)C(=O)N2c2ccc(C)c(C)c2)ccc1OCC(C)C. The van der Waals surface area contributed by atoms with Crippen molar-refractivity contribution in [2.45, 2.75) is 47.6 Å². The molecule has 5 rings (SSSR count). The zero-order valence-electron chi connectivity index (χ0n) is 23.0. The molecule has 1 amide bonds. The molecular formula is C32H33NO5. The number of ether oxygens (including phenoxy) is 2. The van der Waals surface area contributed by atoms with E-state index in [9.17, 15) is 9.59 Å². The minimum absolute atomic E-state index is 0.0769. The van der Waals surface area contributed by atoms with Crippen molar-refractivity contribution in [1.29, 1.82) is 0 Å². The first-order valence-electron chi connectivity index (χ1n) is 12.9. The highest BCUT2D eigenvalue weighted by molar-refractivity contribution is 6.10. The van der Waals surface area contributed by atoms with Crippen molar-refractivity contribution in [2.24, 2.45) is 5.92 Å². The Morgan fingerprint density at radius 3 is 2.26 bits per heavy atom. The van der Waals surface area contributed by atoms with Crippen LogP contribution in [0.1, 0.15) is 63.8 Å². The third kappa shape index (κ3) is 4.24. The zero-order chi connectivity index (χ0) is 27.3. The van der Waals surface area contributed by atoms with Gasteiger partial charge in [0.1, 0.15) is 5.58 Å². The van der Waals surface area contributed by atoms with Gasteiger partial charge in [0.2, 0.25) is 5.76 Å². The summed E-state index contributed by atoms with van der Waals surface area (Å²) in [6.07, 6.45) is 0. The van der Waals surface area contributed by atoms with E-state index in [0.717, 1.165) is 27.8 Å². The fourth-order valence-corrected chi connectivity index (χ4v) is 4.92. The van der Waals surface area contributed by atoms with Crippen LogP contribution in [-0.4, -0.2) is 19.6 Å². The fraction of sp³-hybridized carbons (Fsp3) is 0.312. The third-order valence-corrected chi connectivity index (χ3v) is 7.33. The van der Waals surface area contributed by atoms with Crippen molar-refractivity contribution in [2.75, 3.05) is 18.6 Å². The number of hydrogen-bond acceptors (Lipinski definition) is 5. The summed E-state index contributed by atoms with van der Waals surface area (Å²) < 4.78 is 17.8. The average Bonchev–Trinajstić information content (AvgIpc) is 3.18. The van der Waals surface area contributed by atoms with E-state index in [1.807, 2.05) is 76.2 Å². The van der Waals surface area contributed by atoms with Crippen LogP contribution in [-0.2, 0) is 0 Å². The van der Waals surface area contributed by atoms with Gasteiger partial charge in [0.25, 0.3) is 5.91 Å². The molecule has 1 atom stereocenters. The number of nitrogens with zero attached hydrogens (tertiary/aromatic N) is 1. The molecule has 3 aromatic carbocycles. The molecule has 0 radical (unpaired) electrons. The number of benzene rings is 3. The lowest BCUT2D eigenvalue weighted by atomic mass is 9.96. The molecule has 0 spiro atoms. The van der Waals surface area contributed by atoms with Crippen LogP contribution < -0.4 is 19.8 Å². The molecule has 0 fully saturated rings. The van der Waals surface area contributed by atoms with E-state index >= 15 is 0 Å². The monoisotopic (exact) mass is 511 g/mol. The molecule has 38 heavy (non-hydrogen) atoms. The van der Waals surface area contributed by atoms with E-state index in [4.69, 9.17) is 13.9 Å². The maximum atomic E-state index is 14.0. The van der Waals surface area contributed by atoms with Gasteiger partial charge < -0.3 is 13.9 Å². The molecule has 0 bridgehead atoms. The first-order chi connectivity index (χ1) is 18.1. The summed E-state index contributed by atoms with van der Waals surface area (Å²) in [6, 6.07) is 14.4. The lowest BCUT2D eigenvalue weighted by Crippen LogP contribution is -2.29. The molecular weight excluding hydrogens is 478 g/mol. The number of fused-ring (bicyclic) bond motifs is 2. The molecule has 0 N–H and O–H groups in total. The highest BCUT2D eigenvalue weighted by atomic mass is 16.5. The largest absolute Gasteiger partial charge is 0.493 e. The summed E-state index contributed by atoms with van der Waals surface area (Å²) in [7, 11) is 1.59. The number of aryl methyl sites for hydroxylation is 4. The Balaban J connectivity index is 1.75. The van der Waals surface area contributed by atoms with Crippen LogP contribution in [0.5, 0.6) is 11.5 Å². The molecule has 4 aromatic rings. The Hall–Kier alpha value is -4.06. The summed E-state index contributed by atoms with van der Waals surface area (Å²) in [5.74, 6) is 1.24. The molecule has 2 heterocycles. The molecule has 1 aliphatic heterocycles. The van der Waals surface area contributed by atoms with Gasteiger partial charge in [-0.25, -0.2) is 0 Å². The lowest BCUT2D eigenvalue weighted by Gasteiger charge is -2.26. The molecule has 0 saturated heterocycles. The molecule has 6 nitrogen and oxygen atoms in total. The smallest absolute Gasteiger partial charge is 0.295 e. The van der Waals surface area contributed by atoms with Crippen molar-refractivity contribution >= 4 is 22.6 Å². The van der Waals surface area contributed by atoms with Crippen molar-refractivity contribution in [3.05, 3.63) is 97.9 Å². The fourth-order valence-electron chi connectivity index (χ4n) is 4.92. The van der Waals surface area contributed by atoms with E-state index in [0.29, 0.717) is 46.2 Å². The van der Waals surface area contributed by atoms with Crippen LogP contribution in [0.3, 0.4) is 0 Å². The second-order valence-electron chi connectivity index (χ2n) is 10.6. The van der Waals surface area contributed by atoms with Crippen molar-refractivity contribution in [3.8, 4) is 11.5 Å². The number of rotatable bonds is 6. The highest BCUT2D eigenvalue weighted by Crippen LogP contribution is 2.43. The number of anilines is 1. The standard InChI is InChI=1S/C32H33NO5/c1-17(2)16-37-25-11-9-22(15-27(25)36-7)29-28-30(34)24-13-20(5)21(6)14-26(24)38-31(28)32(35)33(29)23-10-8-18(3)19(4)12-23/h8-15,17,29H,16H2,1-7H3. The number of amides is 1. The van der Waals surface area contributed by atoms with Gasteiger partial charge in [-0.05, 0) is 97.8 Å². The number of hydrogen-bond donors (Lipinski definition) is 0. The Morgan fingerprint density at radius 2 is 1.58 bits per heavy atom. The van der Waals surface area contributed by atoms with Gasteiger partial charge in [0.05, 0.1) is 30.7 Å². The van der Waals surface area contributed by atoms with Crippen LogP contribution in [0, 0.1) is 33.6 Å². The second-order valence-corrected chi connectivity index (χ2v) is 10.6. The van der Waals surface area contributed by atoms with E-state index < -0.39 is 6.04 Å². The Labute approximate surface area is 222 Å². The molecule has 1 aliphatic rings. The predicted octanol–water partition coefficient (Wildman–Crippen LogP) is 6.82. The first kappa shape index (κ1) is 25.6. The summed E-state index contributed by atoms with van der Waals surface area (Å²) in [4.78, 5) is 29.6. The maximum Gasteiger partial charge on any atom is 0.295 e. The minimum Gasteiger partial charge on any atom is -0.493 e. The Kier molecular flexibility index (Phi) is 6.51. The summed E-state index contributed by atoms with van der Waals surface area (Å²) in [5.41, 5.74) is 6.14. The van der Waals surface area contributed by atoms with E-state index in [1.54, 1.807) is 12.0 Å². The van der Waals surface area contributed by atoms with E-state index in [2.05, 4.69) is 13.8 Å². The molecule has 0 saturated carbocycles. The topological polar surface area (TPSA) is 69.0 Å². The van der Waals surface area contributed by atoms with Gasteiger partial charge in [-0.3, -0.25) is 14.5 Å². The minimum atomic E-state index is -0.685. The molecule has 1 aromatic heterocycles. The second kappa shape index (κ2) is 9.67. The summed E-state index contributed by atoms with van der Waals surface area (Å²) in [6.45, 7) is 12.7. The van der Waals surface area contributed by atoms with Crippen LogP contribution in [0.4, 0.5) is 5.69 Å². The van der Waals surface area contributed by atoms with Gasteiger partial charge >= 0.3 is 0 Å². The van der Waals surface area contributed by atoms with Gasteiger partial charge in [0, 0.05) is 5.69 Å². The van der Waals surface area contributed by atoms with Crippen LogP contribution in [0.25, 0.3) is 11.0 Å². The number of carbonyl (C=O) groups is 1. The van der Waals surface area contributed by atoms with Crippen LogP contribution >= 0.6 is 0 Å². The number of methoxy groups -OCH3 is 1. The van der Waals surface area contributed by atoms with Crippen LogP contribution in [0.15, 0.2) is 57.7 Å². The zero-order valence-corrected chi connectivity index (χ0v) is 23.0. The summed E-state index contributed by atoms with van der Waals surface area (Å²) in [5, 5.41) is 0.468. The van der Waals surface area contributed by atoms with Gasteiger partial charge in [-0.1, -0.05) is 26.0 Å². The van der Waals surface area contributed by atoms with Gasteiger partial charge in [-0.2, -0.15) is 0 Å². The predicted molar refractivity (Wildman–Crippen MR) is 150 cm³/mol. The highest BCUT2D eigenvalue weighted by Gasteiger charge is 2.44. The molecule has 6 heteroatoms. The van der Waals surface area contributed by atoms with E-state index in [-0.39, 0.29) is 17.1 Å². The lowest BCUT2D eigenvalue weighted by molar-refractivity contribution is 0.0971. The molecule has 196 valence electrons. The van der Waals surface area contributed by atoms with Crippen molar-refractivity contribution in [3.63, 3.8) is 0 Å². The Bertz CT molecular complexity index is 1630. The van der Waals surface area contributed by atoms with Gasteiger partial charge in [0.15, 0.2) is 16.9 Å². The normalized spacial score (nSPS) is 14.9. The number of carbonyl (C=O) groups excluding carboxylic acids is 1. The molecule has 0 aliphatic carbocycles. The summed E-state index contributed by atoms with van der Waals surface area (Å²) >= 11 is 0. The van der Waals surface area contributed by atoms with Gasteiger partial charge in [-0.15, -0.1) is 0 Å². The van der Waals surface area contributed by atoms with Crippen molar-refractivity contribution in [1.82, 2.24) is 0 Å². The Morgan fingerprint density at radius 1 is 0.868 bits per heavy atom. The average molecular weight is 512 g/mol.